The Hall–Kier alpha value is -1.06. The van der Waals surface area contributed by atoms with E-state index in [0.29, 0.717) is 12.5 Å². The molecule has 3 rings (SSSR count). The summed E-state index contributed by atoms with van der Waals surface area (Å²) in [6.45, 7) is 1.47. The van der Waals surface area contributed by atoms with Crippen molar-refractivity contribution >= 4 is 11.8 Å². The van der Waals surface area contributed by atoms with E-state index in [1.54, 1.807) is 0 Å². The lowest BCUT2D eigenvalue weighted by atomic mass is 9.83. The maximum Gasteiger partial charge on any atom is 0.312 e. The van der Waals surface area contributed by atoms with Gasteiger partial charge in [-0.25, -0.2) is 0 Å². The Morgan fingerprint density at radius 3 is 2.09 bits per heavy atom. The van der Waals surface area contributed by atoms with Crippen LogP contribution in [-0.4, -0.2) is 35.8 Å². The fraction of sp³-hybridized carbons (Fsp3) is 0.889. The maximum absolute atomic E-state index is 12.4. The van der Waals surface area contributed by atoms with Crippen LogP contribution in [0.5, 0.6) is 0 Å². The van der Waals surface area contributed by atoms with Crippen molar-refractivity contribution in [2.24, 2.45) is 11.8 Å². The molecule has 22 heavy (non-hydrogen) atoms. The molecule has 0 aromatic carbocycles. The van der Waals surface area contributed by atoms with Crippen molar-refractivity contribution in [3.8, 4) is 0 Å². The van der Waals surface area contributed by atoms with E-state index in [0.717, 1.165) is 18.9 Å². The van der Waals surface area contributed by atoms with Crippen LogP contribution in [0.15, 0.2) is 0 Å². The van der Waals surface area contributed by atoms with Crippen molar-refractivity contribution in [1.29, 1.82) is 0 Å². The number of hydrogen-bond donors (Lipinski definition) is 1. The molecule has 1 aliphatic heterocycles. The summed E-state index contributed by atoms with van der Waals surface area (Å²) in [7, 11) is 0. The van der Waals surface area contributed by atoms with Gasteiger partial charge in [0.05, 0.1) is 0 Å². The summed E-state index contributed by atoms with van der Waals surface area (Å²) >= 11 is 0. The van der Waals surface area contributed by atoms with E-state index in [1.165, 1.54) is 64.2 Å². The number of amides is 2. The fourth-order valence-corrected chi connectivity index (χ4v) is 4.59. The predicted octanol–water partition coefficient (Wildman–Crippen LogP) is 2.86. The second kappa shape index (κ2) is 7.47. The quantitative estimate of drug-likeness (QED) is 0.812. The van der Waals surface area contributed by atoms with E-state index in [4.69, 9.17) is 0 Å². The third-order valence-corrected chi connectivity index (χ3v) is 5.90. The van der Waals surface area contributed by atoms with E-state index < -0.39 is 5.91 Å². The number of carbonyl (C=O) groups is 2. The largest absolute Gasteiger partial charge is 0.346 e. The summed E-state index contributed by atoms with van der Waals surface area (Å²) in [5.74, 6) is 0.682. The summed E-state index contributed by atoms with van der Waals surface area (Å²) in [6, 6.07) is 0.232. The monoisotopic (exact) mass is 306 g/mol. The molecule has 3 fully saturated rings. The van der Waals surface area contributed by atoms with E-state index in [9.17, 15) is 9.59 Å². The highest BCUT2D eigenvalue weighted by Gasteiger charge is 2.36. The zero-order chi connectivity index (χ0) is 15.4. The number of nitrogens with one attached hydrogen (secondary N) is 1. The van der Waals surface area contributed by atoms with Crippen molar-refractivity contribution < 1.29 is 9.59 Å². The molecule has 0 unspecified atom stereocenters. The lowest BCUT2D eigenvalue weighted by molar-refractivity contribution is -0.151. The molecule has 0 aromatic heterocycles. The molecule has 0 radical (unpaired) electrons. The van der Waals surface area contributed by atoms with Gasteiger partial charge in [-0.3, -0.25) is 9.59 Å². The lowest BCUT2D eigenvalue weighted by Crippen LogP contribution is -2.59. The number of carbonyl (C=O) groups excluding carboxylic acids is 2. The van der Waals surface area contributed by atoms with Crippen LogP contribution in [0.2, 0.25) is 0 Å². The van der Waals surface area contributed by atoms with Gasteiger partial charge in [-0.15, -0.1) is 0 Å². The van der Waals surface area contributed by atoms with Gasteiger partial charge in [-0.1, -0.05) is 51.4 Å². The van der Waals surface area contributed by atoms with Crippen LogP contribution >= 0.6 is 0 Å². The third kappa shape index (κ3) is 3.82. The highest BCUT2D eigenvalue weighted by Crippen LogP contribution is 2.31. The fourth-order valence-electron chi connectivity index (χ4n) is 4.59. The minimum Gasteiger partial charge on any atom is -0.346 e. The molecule has 2 aliphatic carbocycles. The summed E-state index contributed by atoms with van der Waals surface area (Å²) in [4.78, 5) is 26.1. The van der Waals surface area contributed by atoms with Crippen LogP contribution in [0.4, 0.5) is 0 Å². The van der Waals surface area contributed by atoms with Gasteiger partial charge in [0, 0.05) is 19.1 Å². The summed E-state index contributed by atoms with van der Waals surface area (Å²) in [5, 5.41) is 2.81. The first kappa shape index (κ1) is 15.8. The van der Waals surface area contributed by atoms with E-state index in [2.05, 4.69) is 5.32 Å². The Kier molecular flexibility index (Phi) is 5.37. The van der Waals surface area contributed by atoms with Gasteiger partial charge in [0.2, 0.25) is 0 Å². The van der Waals surface area contributed by atoms with Crippen molar-refractivity contribution in [2.45, 2.75) is 76.7 Å². The molecule has 2 amide bonds. The average molecular weight is 306 g/mol. The zero-order valence-corrected chi connectivity index (χ0v) is 13.7. The first-order valence-corrected chi connectivity index (χ1v) is 9.33. The molecule has 124 valence electrons. The molecule has 4 nitrogen and oxygen atoms in total. The third-order valence-electron chi connectivity index (χ3n) is 5.90. The molecule has 0 bridgehead atoms. The number of piperazine rings is 1. The number of nitrogens with zero attached hydrogens (tertiary/aromatic N) is 1. The van der Waals surface area contributed by atoms with Crippen molar-refractivity contribution in [1.82, 2.24) is 10.2 Å². The van der Waals surface area contributed by atoms with Crippen molar-refractivity contribution in [2.75, 3.05) is 13.1 Å². The molecule has 1 heterocycles. The van der Waals surface area contributed by atoms with E-state index in [-0.39, 0.29) is 11.9 Å². The SMILES string of the molecule is O=C1NC[C@H](CC2CCCCC2)N(CC2CCCCC2)C1=O. The van der Waals surface area contributed by atoms with Crippen LogP contribution in [0, 0.1) is 11.8 Å². The molecule has 0 spiro atoms. The Labute approximate surface area is 134 Å². The van der Waals surface area contributed by atoms with Crippen LogP contribution in [-0.2, 0) is 9.59 Å². The predicted molar refractivity (Wildman–Crippen MR) is 86.3 cm³/mol. The van der Waals surface area contributed by atoms with Crippen LogP contribution in [0.1, 0.15) is 70.6 Å². The van der Waals surface area contributed by atoms with Gasteiger partial charge < -0.3 is 10.2 Å². The standard InChI is InChI=1S/C18H30N2O2/c21-17-18(22)20(13-15-9-5-2-6-10-15)16(12-19-17)11-14-7-3-1-4-8-14/h14-16H,1-13H2,(H,19,21)/t16-/m0/s1. The normalized spacial score (nSPS) is 28.7. The molecule has 3 aliphatic rings. The smallest absolute Gasteiger partial charge is 0.312 e. The molecule has 1 atom stereocenters. The Morgan fingerprint density at radius 2 is 1.45 bits per heavy atom. The van der Waals surface area contributed by atoms with Crippen LogP contribution in [0.25, 0.3) is 0 Å². The highest BCUT2D eigenvalue weighted by molar-refractivity contribution is 6.35. The molecular weight excluding hydrogens is 276 g/mol. The number of hydrogen-bond acceptors (Lipinski definition) is 2. The van der Waals surface area contributed by atoms with Crippen molar-refractivity contribution in [3.63, 3.8) is 0 Å². The maximum atomic E-state index is 12.4. The minimum atomic E-state index is -0.393. The average Bonchev–Trinajstić information content (AvgIpc) is 2.56. The first-order chi connectivity index (χ1) is 10.7. The minimum absolute atomic E-state index is 0.232. The molecule has 2 saturated carbocycles. The highest BCUT2D eigenvalue weighted by atomic mass is 16.2. The van der Waals surface area contributed by atoms with Gasteiger partial charge >= 0.3 is 11.8 Å². The summed E-state index contributed by atoms with van der Waals surface area (Å²) in [5.41, 5.74) is 0. The molecule has 4 heteroatoms. The van der Waals surface area contributed by atoms with E-state index in [1.807, 2.05) is 4.90 Å². The summed E-state index contributed by atoms with van der Waals surface area (Å²) < 4.78 is 0. The second-order valence-corrected chi connectivity index (χ2v) is 7.57. The Bertz CT molecular complexity index is 398. The van der Waals surface area contributed by atoms with Gasteiger partial charge in [0.15, 0.2) is 0 Å². The van der Waals surface area contributed by atoms with Gasteiger partial charge in [-0.05, 0) is 31.1 Å². The second-order valence-electron chi connectivity index (χ2n) is 7.57. The van der Waals surface area contributed by atoms with Crippen LogP contribution in [0.3, 0.4) is 0 Å². The topological polar surface area (TPSA) is 49.4 Å². The van der Waals surface area contributed by atoms with Gasteiger partial charge in [0.25, 0.3) is 0 Å². The van der Waals surface area contributed by atoms with Gasteiger partial charge in [-0.2, -0.15) is 0 Å². The Balaban J connectivity index is 1.62. The van der Waals surface area contributed by atoms with Crippen molar-refractivity contribution in [3.05, 3.63) is 0 Å². The molecule has 1 N–H and O–H groups in total. The molecule has 1 saturated heterocycles. The number of rotatable bonds is 4. The Morgan fingerprint density at radius 1 is 0.864 bits per heavy atom. The van der Waals surface area contributed by atoms with Gasteiger partial charge in [0.1, 0.15) is 0 Å². The molecular formula is C18H30N2O2. The lowest BCUT2D eigenvalue weighted by Gasteiger charge is -2.40. The van der Waals surface area contributed by atoms with E-state index >= 15 is 0 Å². The van der Waals surface area contributed by atoms with Crippen LogP contribution < -0.4 is 5.32 Å². The summed E-state index contributed by atoms with van der Waals surface area (Å²) in [6.07, 6.45) is 14.1. The zero-order valence-electron chi connectivity index (χ0n) is 13.7. The first-order valence-electron chi connectivity index (χ1n) is 9.33. The molecule has 0 aromatic rings.